The lowest BCUT2D eigenvalue weighted by atomic mass is 9.74. The minimum Gasteiger partial charge on any atom is -0.495 e. The van der Waals surface area contributed by atoms with Gasteiger partial charge in [0, 0.05) is 28.9 Å². The first kappa shape index (κ1) is 26.6. The van der Waals surface area contributed by atoms with E-state index in [0.717, 1.165) is 31.5 Å². The van der Waals surface area contributed by atoms with Crippen molar-refractivity contribution in [2.45, 2.75) is 51.5 Å². The van der Waals surface area contributed by atoms with Crippen LogP contribution in [0.15, 0.2) is 28.9 Å². The van der Waals surface area contributed by atoms with Crippen LogP contribution < -0.4 is 15.4 Å². The summed E-state index contributed by atoms with van der Waals surface area (Å²) in [7, 11) is 3.64. The van der Waals surface area contributed by atoms with E-state index in [-0.39, 0.29) is 29.7 Å². The number of nitrogens with zero attached hydrogens (tertiary/aromatic N) is 4. The molecule has 39 heavy (non-hydrogen) atoms. The molecule has 2 aromatic heterocycles. The maximum absolute atomic E-state index is 12.9. The minimum absolute atomic E-state index is 0.106. The molecule has 1 saturated heterocycles. The summed E-state index contributed by atoms with van der Waals surface area (Å²) in [4.78, 5) is 36.9. The van der Waals surface area contributed by atoms with Crippen LogP contribution in [0.4, 0.5) is 11.6 Å². The molecule has 2 aliphatic rings. The standard InChI is InChI=1S/C28H34N6O5/c1-6-38-26(36)24-18-14-28(2,3)19-15-29-27(32-23(19)22(18)33-39-24)31-20-8-7-16(13-21(20)37-5)25(35)30-17-9-11-34(4)12-10-17/h7-8,13,15,17H,6,9-12,14H2,1-5H3,(H,30,35)(H,29,31,32). The molecular formula is C28H34N6O5. The SMILES string of the molecule is CCOC(=O)c1onc2c1CC(C)(C)c1cnc(Nc3ccc(C(=O)NC4CCN(C)CC4)cc3OC)nc1-2. The summed E-state index contributed by atoms with van der Waals surface area (Å²) in [5, 5.41) is 10.5. The molecule has 11 heteroatoms. The molecule has 0 atom stereocenters. The maximum Gasteiger partial charge on any atom is 0.377 e. The van der Waals surface area contributed by atoms with Gasteiger partial charge in [-0.2, -0.15) is 0 Å². The van der Waals surface area contributed by atoms with Crippen molar-refractivity contribution < 1.29 is 23.6 Å². The van der Waals surface area contributed by atoms with Crippen LogP contribution in [0.3, 0.4) is 0 Å². The van der Waals surface area contributed by atoms with Crippen LogP contribution in [-0.2, 0) is 16.6 Å². The number of nitrogens with one attached hydrogen (secondary N) is 2. The Labute approximate surface area is 227 Å². The number of piperidine rings is 1. The van der Waals surface area contributed by atoms with Crippen LogP contribution in [0, 0.1) is 0 Å². The Morgan fingerprint density at radius 2 is 1.97 bits per heavy atom. The first-order valence-corrected chi connectivity index (χ1v) is 13.2. The van der Waals surface area contributed by atoms with E-state index in [1.165, 1.54) is 0 Å². The van der Waals surface area contributed by atoms with Gasteiger partial charge in [0.1, 0.15) is 17.1 Å². The molecule has 0 spiro atoms. The summed E-state index contributed by atoms with van der Waals surface area (Å²) in [6.45, 7) is 8.04. The molecule has 3 heterocycles. The highest BCUT2D eigenvalue weighted by Gasteiger charge is 2.39. The smallest absolute Gasteiger partial charge is 0.377 e. The Balaban J connectivity index is 1.39. The zero-order valence-electron chi connectivity index (χ0n) is 23.0. The van der Waals surface area contributed by atoms with Gasteiger partial charge in [0.2, 0.25) is 11.7 Å². The number of hydrogen-bond acceptors (Lipinski definition) is 10. The van der Waals surface area contributed by atoms with Crippen LogP contribution in [0.2, 0.25) is 0 Å². The Bertz CT molecular complexity index is 1390. The Kier molecular flexibility index (Phi) is 7.26. The summed E-state index contributed by atoms with van der Waals surface area (Å²) in [6.07, 6.45) is 4.17. The van der Waals surface area contributed by atoms with E-state index in [0.29, 0.717) is 46.3 Å². The molecule has 1 aliphatic carbocycles. The van der Waals surface area contributed by atoms with Crippen molar-refractivity contribution >= 4 is 23.5 Å². The lowest BCUT2D eigenvalue weighted by Gasteiger charge is -2.30. The van der Waals surface area contributed by atoms with Gasteiger partial charge in [-0.1, -0.05) is 19.0 Å². The topological polar surface area (TPSA) is 132 Å². The van der Waals surface area contributed by atoms with E-state index in [1.807, 2.05) is 0 Å². The number of aromatic nitrogens is 3. The molecule has 0 saturated carbocycles. The monoisotopic (exact) mass is 534 g/mol. The average Bonchev–Trinajstić information content (AvgIpc) is 3.33. The second-order valence-corrected chi connectivity index (χ2v) is 10.7. The van der Waals surface area contributed by atoms with E-state index in [4.69, 9.17) is 19.0 Å². The van der Waals surface area contributed by atoms with E-state index in [9.17, 15) is 9.59 Å². The molecule has 5 rings (SSSR count). The number of methoxy groups -OCH3 is 1. The third-order valence-corrected chi connectivity index (χ3v) is 7.37. The fourth-order valence-electron chi connectivity index (χ4n) is 5.15. The van der Waals surface area contributed by atoms with E-state index < -0.39 is 5.97 Å². The van der Waals surface area contributed by atoms with Gasteiger partial charge in [0.25, 0.3) is 5.91 Å². The summed E-state index contributed by atoms with van der Waals surface area (Å²) >= 11 is 0. The number of amides is 1. The highest BCUT2D eigenvalue weighted by molar-refractivity contribution is 5.95. The lowest BCUT2D eigenvalue weighted by molar-refractivity contribution is 0.0477. The number of benzene rings is 1. The van der Waals surface area contributed by atoms with Gasteiger partial charge in [0.05, 0.1) is 19.4 Å². The van der Waals surface area contributed by atoms with Crippen LogP contribution >= 0.6 is 0 Å². The molecular weight excluding hydrogens is 500 g/mol. The summed E-state index contributed by atoms with van der Waals surface area (Å²) < 4.78 is 16.1. The number of carbonyl (C=O) groups is 2. The van der Waals surface area contributed by atoms with Gasteiger partial charge in [-0.15, -0.1) is 0 Å². The molecule has 1 amide bonds. The molecule has 1 fully saturated rings. The van der Waals surface area contributed by atoms with Crippen molar-refractivity contribution in [1.29, 1.82) is 0 Å². The fourth-order valence-corrected chi connectivity index (χ4v) is 5.15. The number of fused-ring (bicyclic) bond motifs is 3. The third-order valence-electron chi connectivity index (χ3n) is 7.37. The summed E-state index contributed by atoms with van der Waals surface area (Å²) in [5.74, 6) is 0.244. The van der Waals surface area contributed by atoms with Gasteiger partial charge in [-0.3, -0.25) is 4.79 Å². The second-order valence-electron chi connectivity index (χ2n) is 10.7. The van der Waals surface area contributed by atoms with E-state index in [1.54, 1.807) is 38.4 Å². The van der Waals surface area contributed by atoms with Crippen molar-refractivity contribution in [2.75, 3.05) is 39.2 Å². The van der Waals surface area contributed by atoms with Crippen LogP contribution in [0.5, 0.6) is 5.75 Å². The van der Waals surface area contributed by atoms with Crippen molar-refractivity contribution in [1.82, 2.24) is 25.3 Å². The Hall–Kier alpha value is -3.99. The van der Waals surface area contributed by atoms with Crippen molar-refractivity contribution in [3.63, 3.8) is 0 Å². The quantitative estimate of drug-likeness (QED) is 0.432. The van der Waals surface area contributed by atoms with Gasteiger partial charge in [-0.25, -0.2) is 14.8 Å². The van der Waals surface area contributed by atoms with Crippen molar-refractivity contribution in [2.24, 2.45) is 0 Å². The maximum atomic E-state index is 12.9. The lowest BCUT2D eigenvalue weighted by Crippen LogP contribution is -2.43. The van der Waals surface area contributed by atoms with Crippen LogP contribution in [0.1, 0.15) is 65.7 Å². The molecule has 11 nitrogen and oxygen atoms in total. The largest absolute Gasteiger partial charge is 0.495 e. The van der Waals surface area contributed by atoms with Gasteiger partial charge in [0.15, 0.2) is 0 Å². The number of rotatable bonds is 7. The molecule has 0 bridgehead atoms. The summed E-state index contributed by atoms with van der Waals surface area (Å²) in [6, 6.07) is 5.39. The number of likely N-dealkylation sites (tertiary alicyclic amines) is 1. The average molecular weight is 535 g/mol. The first-order valence-electron chi connectivity index (χ1n) is 13.2. The fraction of sp³-hybridized carbons (Fsp3) is 0.464. The van der Waals surface area contributed by atoms with Crippen molar-refractivity contribution in [3.05, 3.63) is 46.8 Å². The molecule has 1 aliphatic heterocycles. The molecule has 3 aromatic rings. The van der Waals surface area contributed by atoms with Crippen LogP contribution in [0.25, 0.3) is 11.4 Å². The predicted molar refractivity (Wildman–Crippen MR) is 144 cm³/mol. The van der Waals surface area contributed by atoms with Crippen molar-refractivity contribution in [3.8, 4) is 17.1 Å². The van der Waals surface area contributed by atoms with Gasteiger partial charge < -0.3 is 29.5 Å². The van der Waals surface area contributed by atoms with E-state index >= 15 is 0 Å². The molecule has 206 valence electrons. The number of carbonyl (C=O) groups excluding carboxylic acids is 2. The van der Waals surface area contributed by atoms with Gasteiger partial charge >= 0.3 is 5.97 Å². The molecule has 1 aromatic carbocycles. The Morgan fingerprint density at radius 3 is 2.69 bits per heavy atom. The number of esters is 1. The molecule has 0 unspecified atom stereocenters. The highest BCUT2D eigenvalue weighted by Crippen LogP contribution is 2.43. The number of ether oxygens (including phenoxy) is 2. The van der Waals surface area contributed by atoms with E-state index in [2.05, 4.69) is 46.6 Å². The Morgan fingerprint density at radius 1 is 1.21 bits per heavy atom. The first-order chi connectivity index (χ1) is 18.7. The number of hydrogen-bond donors (Lipinski definition) is 2. The molecule has 2 N–H and O–H groups in total. The predicted octanol–water partition coefficient (Wildman–Crippen LogP) is 3.72. The highest BCUT2D eigenvalue weighted by atomic mass is 16.6. The third kappa shape index (κ3) is 5.31. The minimum atomic E-state index is -0.539. The zero-order chi connectivity index (χ0) is 27.7. The zero-order valence-corrected chi connectivity index (χ0v) is 23.0. The van der Waals surface area contributed by atoms with Crippen LogP contribution in [-0.4, -0.2) is 71.8 Å². The molecule has 0 radical (unpaired) electrons. The second kappa shape index (κ2) is 10.6. The summed E-state index contributed by atoms with van der Waals surface area (Å²) in [5.41, 5.74) is 3.44. The van der Waals surface area contributed by atoms with Gasteiger partial charge in [-0.05, 0) is 69.9 Å². The normalized spacial score (nSPS) is 16.6. The number of anilines is 2.